The van der Waals surface area contributed by atoms with Crippen molar-refractivity contribution in [3.8, 4) is 17.0 Å². The lowest BCUT2D eigenvalue weighted by atomic mass is 10.1. The van der Waals surface area contributed by atoms with Gasteiger partial charge < -0.3 is 9.64 Å². The second-order valence-corrected chi connectivity index (χ2v) is 8.38. The predicted octanol–water partition coefficient (Wildman–Crippen LogP) is 4.55. The molecule has 2 heterocycles. The highest BCUT2D eigenvalue weighted by atomic mass is 35.5. The van der Waals surface area contributed by atoms with Gasteiger partial charge in [0.05, 0.1) is 22.0 Å². The van der Waals surface area contributed by atoms with E-state index in [1.165, 1.54) is 11.5 Å². The third-order valence-corrected chi connectivity index (χ3v) is 6.51. The van der Waals surface area contributed by atoms with Crippen molar-refractivity contribution in [2.24, 2.45) is 0 Å². The molecule has 0 aliphatic carbocycles. The predicted molar refractivity (Wildman–Crippen MR) is 119 cm³/mol. The molecule has 0 atom stereocenters. The van der Waals surface area contributed by atoms with Crippen LogP contribution in [0.25, 0.3) is 21.3 Å². The van der Waals surface area contributed by atoms with Crippen LogP contribution in [0.2, 0.25) is 5.02 Å². The standard InChI is InChI=1S/C22H24ClN3O2S/c1-16(27)26-13-11-25(12-14-26)10-5-15-28-19-8-4-7-18(21(19)23)22-17-6-2-3-9-20(17)29-24-22/h2-4,6-9H,5,10-15H2,1H3. The number of fused-ring (bicyclic) bond motifs is 1. The van der Waals surface area contributed by atoms with Crippen molar-refractivity contribution in [1.29, 1.82) is 0 Å². The van der Waals surface area contributed by atoms with Crippen LogP contribution in [0.1, 0.15) is 13.3 Å². The second-order valence-electron chi connectivity index (χ2n) is 7.19. The molecule has 1 aliphatic heterocycles. The maximum atomic E-state index is 11.4. The average molecular weight is 430 g/mol. The van der Waals surface area contributed by atoms with Crippen LogP contribution in [0, 0.1) is 0 Å². The lowest BCUT2D eigenvalue weighted by molar-refractivity contribution is -0.130. The summed E-state index contributed by atoms with van der Waals surface area (Å²) in [4.78, 5) is 15.7. The Balaban J connectivity index is 1.35. The molecular weight excluding hydrogens is 406 g/mol. The summed E-state index contributed by atoms with van der Waals surface area (Å²) < 4.78 is 11.7. The smallest absolute Gasteiger partial charge is 0.219 e. The topological polar surface area (TPSA) is 45.7 Å². The number of hydrogen-bond acceptors (Lipinski definition) is 5. The van der Waals surface area contributed by atoms with E-state index < -0.39 is 0 Å². The van der Waals surface area contributed by atoms with Crippen LogP contribution in [0.5, 0.6) is 5.75 Å². The molecular formula is C22H24ClN3O2S. The van der Waals surface area contributed by atoms with Gasteiger partial charge in [0.25, 0.3) is 0 Å². The van der Waals surface area contributed by atoms with E-state index in [2.05, 4.69) is 21.4 Å². The molecule has 1 aliphatic rings. The first kappa shape index (κ1) is 20.1. The third kappa shape index (κ3) is 4.55. The highest BCUT2D eigenvalue weighted by Crippen LogP contribution is 2.39. The van der Waals surface area contributed by atoms with Crippen LogP contribution in [0.15, 0.2) is 42.5 Å². The zero-order valence-corrected chi connectivity index (χ0v) is 18.0. The van der Waals surface area contributed by atoms with Crippen molar-refractivity contribution in [3.63, 3.8) is 0 Å². The van der Waals surface area contributed by atoms with Gasteiger partial charge in [-0.3, -0.25) is 9.69 Å². The number of hydrogen-bond donors (Lipinski definition) is 0. The molecule has 3 aromatic rings. The molecule has 7 heteroatoms. The van der Waals surface area contributed by atoms with Crippen molar-refractivity contribution < 1.29 is 9.53 Å². The van der Waals surface area contributed by atoms with Gasteiger partial charge in [-0.25, -0.2) is 0 Å². The molecule has 0 bridgehead atoms. The minimum Gasteiger partial charge on any atom is -0.492 e. The summed E-state index contributed by atoms with van der Waals surface area (Å²) in [7, 11) is 0. The number of halogens is 1. The fraction of sp³-hybridized carbons (Fsp3) is 0.364. The first-order chi connectivity index (χ1) is 14.1. The van der Waals surface area contributed by atoms with Gasteiger partial charge in [0.15, 0.2) is 0 Å². The molecule has 0 N–H and O–H groups in total. The molecule has 0 radical (unpaired) electrons. The number of nitrogens with zero attached hydrogens (tertiary/aromatic N) is 3. The van der Waals surface area contributed by atoms with E-state index >= 15 is 0 Å². The second kappa shape index (κ2) is 9.11. The Morgan fingerprint density at radius 2 is 1.93 bits per heavy atom. The fourth-order valence-corrected chi connectivity index (χ4v) is 4.70. The zero-order valence-electron chi connectivity index (χ0n) is 16.4. The van der Waals surface area contributed by atoms with Crippen molar-refractivity contribution in [3.05, 3.63) is 47.5 Å². The minimum atomic E-state index is 0.162. The maximum Gasteiger partial charge on any atom is 0.219 e. The molecule has 0 spiro atoms. The van der Waals surface area contributed by atoms with E-state index in [1.807, 2.05) is 35.2 Å². The van der Waals surface area contributed by atoms with Crippen LogP contribution >= 0.6 is 23.1 Å². The van der Waals surface area contributed by atoms with E-state index in [0.717, 1.165) is 60.5 Å². The first-order valence-corrected chi connectivity index (χ1v) is 11.0. The highest BCUT2D eigenvalue weighted by Gasteiger charge is 2.18. The van der Waals surface area contributed by atoms with E-state index in [-0.39, 0.29) is 5.91 Å². The van der Waals surface area contributed by atoms with Gasteiger partial charge in [-0.05, 0) is 30.1 Å². The molecule has 2 aromatic carbocycles. The summed E-state index contributed by atoms with van der Waals surface area (Å²) in [5.74, 6) is 0.859. The summed E-state index contributed by atoms with van der Waals surface area (Å²) in [5, 5.41) is 1.72. The third-order valence-electron chi connectivity index (χ3n) is 5.29. The monoisotopic (exact) mass is 429 g/mol. The van der Waals surface area contributed by atoms with E-state index in [0.29, 0.717) is 17.4 Å². The Morgan fingerprint density at radius 3 is 2.72 bits per heavy atom. The molecule has 0 saturated carbocycles. The number of aromatic nitrogens is 1. The summed E-state index contributed by atoms with van der Waals surface area (Å²) in [6.45, 7) is 6.67. The minimum absolute atomic E-state index is 0.162. The van der Waals surface area contributed by atoms with Crippen LogP contribution < -0.4 is 4.74 Å². The molecule has 0 unspecified atom stereocenters. The highest BCUT2D eigenvalue weighted by molar-refractivity contribution is 7.13. The largest absolute Gasteiger partial charge is 0.492 e. The van der Waals surface area contributed by atoms with Gasteiger partial charge in [-0.15, -0.1) is 0 Å². The number of piperazine rings is 1. The number of amides is 1. The molecule has 1 amide bonds. The number of benzene rings is 2. The van der Waals surface area contributed by atoms with Crippen LogP contribution in [-0.4, -0.2) is 59.4 Å². The molecule has 1 fully saturated rings. The van der Waals surface area contributed by atoms with Gasteiger partial charge in [0.2, 0.25) is 5.91 Å². The normalized spacial score (nSPS) is 15.0. The Labute approximate surface area is 180 Å². The van der Waals surface area contributed by atoms with Crippen LogP contribution in [0.4, 0.5) is 0 Å². The molecule has 29 heavy (non-hydrogen) atoms. The fourth-order valence-electron chi connectivity index (χ4n) is 3.64. The van der Waals surface area contributed by atoms with E-state index in [1.54, 1.807) is 6.92 Å². The Hall–Kier alpha value is -2.15. The lowest BCUT2D eigenvalue weighted by Crippen LogP contribution is -2.48. The Morgan fingerprint density at radius 1 is 1.14 bits per heavy atom. The molecule has 1 saturated heterocycles. The molecule has 1 aromatic heterocycles. The quantitative estimate of drug-likeness (QED) is 0.539. The number of carbonyl (C=O) groups is 1. The molecule has 152 valence electrons. The Kier molecular flexibility index (Phi) is 6.33. The average Bonchev–Trinajstić information content (AvgIpc) is 3.16. The SMILES string of the molecule is CC(=O)N1CCN(CCCOc2cccc(-c3nsc4ccccc34)c2Cl)CC1. The number of carbonyl (C=O) groups excluding carboxylic acids is 1. The van der Waals surface area contributed by atoms with Gasteiger partial charge in [0.1, 0.15) is 5.75 Å². The van der Waals surface area contributed by atoms with Crippen molar-refractivity contribution >= 4 is 39.1 Å². The molecule has 5 nitrogen and oxygen atoms in total. The first-order valence-electron chi connectivity index (χ1n) is 9.87. The Bertz CT molecular complexity index is 999. The number of ether oxygens (including phenoxy) is 1. The van der Waals surface area contributed by atoms with Gasteiger partial charge >= 0.3 is 0 Å². The van der Waals surface area contributed by atoms with E-state index in [4.69, 9.17) is 16.3 Å². The lowest BCUT2D eigenvalue weighted by Gasteiger charge is -2.34. The van der Waals surface area contributed by atoms with E-state index in [9.17, 15) is 4.79 Å². The summed E-state index contributed by atoms with van der Waals surface area (Å²) in [6, 6.07) is 14.0. The summed E-state index contributed by atoms with van der Waals surface area (Å²) in [6.07, 6.45) is 0.917. The summed E-state index contributed by atoms with van der Waals surface area (Å²) >= 11 is 8.15. The molecule has 4 rings (SSSR count). The van der Waals surface area contributed by atoms with Gasteiger partial charge in [0, 0.05) is 50.6 Å². The van der Waals surface area contributed by atoms with Crippen molar-refractivity contribution in [2.45, 2.75) is 13.3 Å². The van der Waals surface area contributed by atoms with Crippen molar-refractivity contribution in [2.75, 3.05) is 39.3 Å². The van der Waals surface area contributed by atoms with Gasteiger partial charge in [-0.2, -0.15) is 4.37 Å². The zero-order chi connectivity index (χ0) is 20.2. The van der Waals surface area contributed by atoms with Crippen molar-refractivity contribution in [1.82, 2.24) is 14.2 Å². The summed E-state index contributed by atoms with van der Waals surface area (Å²) in [5.41, 5.74) is 1.81. The number of rotatable bonds is 6. The van der Waals surface area contributed by atoms with Gasteiger partial charge in [-0.1, -0.05) is 41.9 Å². The maximum absolute atomic E-state index is 11.4. The van der Waals surface area contributed by atoms with Crippen LogP contribution in [0.3, 0.4) is 0 Å². The van der Waals surface area contributed by atoms with Crippen LogP contribution in [-0.2, 0) is 4.79 Å².